The van der Waals surface area contributed by atoms with E-state index in [0.717, 1.165) is 17.7 Å². The molecule has 2 N–H and O–H groups in total. The van der Waals surface area contributed by atoms with E-state index in [2.05, 4.69) is 22.1 Å². The third-order valence-corrected chi connectivity index (χ3v) is 4.17. The van der Waals surface area contributed by atoms with Crippen LogP contribution in [0, 0.1) is 0 Å². The fraction of sp³-hybridized carbons (Fsp3) is 0.263. The van der Waals surface area contributed by atoms with E-state index in [4.69, 9.17) is 5.73 Å². The Morgan fingerprint density at radius 2 is 2.04 bits per heavy atom. The van der Waals surface area contributed by atoms with Crippen LogP contribution in [0.1, 0.15) is 5.56 Å². The van der Waals surface area contributed by atoms with Crippen LogP contribution in [-0.2, 0) is 13.1 Å². The molecular formula is C19H23ClFN5O. The van der Waals surface area contributed by atoms with Crippen LogP contribution >= 0.6 is 12.4 Å². The summed E-state index contributed by atoms with van der Waals surface area (Å²) in [6.45, 7) is 0.893. The van der Waals surface area contributed by atoms with Crippen LogP contribution in [-0.4, -0.2) is 39.7 Å². The molecule has 0 atom stereocenters. The number of fused-ring (bicyclic) bond motifs is 1. The largest absolute Gasteiger partial charge is 0.350 e. The van der Waals surface area contributed by atoms with E-state index in [-0.39, 0.29) is 31.2 Å². The average Bonchev–Trinajstić information content (AvgIpc) is 2.94. The number of hydrogen-bond acceptors (Lipinski definition) is 4. The van der Waals surface area contributed by atoms with Crippen molar-refractivity contribution in [1.82, 2.24) is 19.1 Å². The number of nitrogens with two attached hydrogens (primary N) is 1. The molecule has 0 spiro atoms. The van der Waals surface area contributed by atoms with E-state index in [9.17, 15) is 9.18 Å². The average molecular weight is 392 g/mol. The molecule has 0 unspecified atom stereocenters. The number of halogens is 2. The first-order valence-corrected chi connectivity index (χ1v) is 8.34. The van der Waals surface area contributed by atoms with Crippen LogP contribution < -0.4 is 11.4 Å². The highest BCUT2D eigenvalue weighted by atomic mass is 35.5. The maximum atomic E-state index is 12.8. The minimum Gasteiger partial charge on any atom is -0.327 e. The number of benzene rings is 1. The monoisotopic (exact) mass is 391 g/mol. The predicted molar refractivity (Wildman–Crippen MR) is 108 cm³/mol. The van der Waals surface area contributed by atoms with Gasteiger partial charge in [-0.05, 0) is 48.5 Å². The molecule has 3 rings (SSSR count). The Hall–Kier alpha value is -2.48. The van der Waals surface area contributed by atoms with Gasteiger partial charge >= 0.3 is 5.69 Å². The molecule has 0 aliphatic heterocycles. The Morgan fingerprint density at radius 1 is 1.30 bits per heavy atom. The van der Waals surface area contributed by atoms with Crippen molar-refractivity contribution >= 4 is 18.1 Å². The number of pyridine rings is 1. The van der Waals surface area contributed by atoms with Crippen molar-refractivity contribution in [1.29, 1.82) is 0 Å². The van der Waals surface area contributed by atoms with Crippen molar-refractivity contribution in [3.63, 3.8) is 0 Å². The number of aromatic nitrogens is 3. The fourth-order valence-corrected chi connectivity index (χ4v) is 2.90. The van der Waals surface area contributed by atoms with E-state index >= 15 is 0 Å². The lowest BCUT2D eigenvalue weighted by atomic mass is 10.0. The van der Waals surface area contributed by atoms with Gasteiger partial charge in [-0.2, -0.15) is 0 Å². The molecule has 1 aromatic carbocycles. The van der Waals surface area contributed by atoms with Gasteiger partial charge in [0.05, 0.1) is 12.9 Å². The smallest absolute Gasteiger partial charge is 0.327 e. The van der Waals surface area contributed by atoms with Gasteiger partial charge in [-0.25, -0.2) is 13.9 Å². The molecule has 0 aliphatic rings. The molecule has 0 saturated heterocycles. The van der Waals surface area contributed by atoms with E-state index in [0.29, 0.717) is 17.6 Å². The SMILES string of the molecule is CN(C)Cc1ccccc1-c1ccn2c(=O)n(C/C(=C/F)CN)nc2c1.Cl. The molecule has 144 valence electrons. The standard InChI is InChI=1S/C19H22FN5O.ClH/c1-23(2)13-16-5-3-4-6-17(16)15-7-8-24-18(9-15)22-25(19(24)26)12-14(10-20)11-21;/h3-10H,11-13,21H2,1-2H3;1H/b14-10+;. The lowest BCUT2D eigenvalue weighted by Gasteiger charge is -2.14. The van der Waals surface area contributed by atoms with E-state index in [1.165, 1.54) is 14.6 Å². The van der Waals surface area contributed by atoms with Gasteiger partial charge < -0.3 is 10.6 Å². The summed E-state index contributed by atoms with van der Waals surface area (Å²) >= 11 is 0. The Kier molecular flexibility index (Phi) is 6.90. The maximum Gasteiger partial charge on any atom is 0.350 e. The normalized spacial score (nSPS) is 11.8. The van der Waals surface area contributed by atoms with E-state index < -0.39 is 0 Å². The first-order valence-electron chi connectivity index (χ1n) is 8.34. The highest BCUT2D eigenvalue weighted by Crippen LogP contribution is 2.25. The second-order valence-electron chi connectivity index (χ2n) is 6.45. The zero-order valence-corrected chi connectivity index (χ0v) is 16.1. The number of hydrogen-bond donors (Lipinski definition) is 1. The molecule has 0 fully saturated rings. The van der Waals surface area contributed by atoms with Crippen molar-refractivity contribution in [2.75, 3.05) is 20.6 Å². The minimum absolute atomic E-state index is 0. The van der Waals surface area contributed by atoms with Gasteiger partial charge in [0.25, 0.3) is 0 Å². The van der Waals surface area contributed by atoms with Gasteiger partial charge in [0.1, 0.15) is 0 Å². The topological polar surface area (TPSA) is 68.6 Å². The Labute approximate surface area is 163 Å². The molecule has 0 saturated carbocycles. The number of rotatable bonds is 6. The molecule has 0 bridgehead atoms. The van der Waals surface area contributed by atoms with Gasteiger partial charge in [-0.15, -0.1) is 17.5 Å². The second-order valence-corrected chi connectivity index (χ2v) is 6.45. The molecule has 0 radical (unpaired) electrons. The van der Waals surface area contributed by atoms with Gasteiger partial charge in [-0.1, -0.05) is 24.3 Å². The Balaban J connectivity index is 0.00000261. The second kappa shape index (κ2) is 8.94. The van der Waals surface area contributed by atoms with Crippen LogP contribution in [0.15, 0.2) is 59.3 Å². The summed E-state index contributed by atoms with van der Waals surface area (Å²) in [5.41, 5.74) is 9.24. The van der Waals surface area contributed by atoms with Crippen LogP contribution in [0.3, 0.4) is 0 Å². The fourth-order valence-electron chi connectivity index (χ4n) is 2.90. The third kappa shape index (κ3) is 4.44. The van der Waals surface area contributed by atoms with Crippen molar-refractivity contribution < 1.29 is 4.39 Å². The van der Waals surface area contributed by atoms with Crippen molar-refractivity contribution in [2.45, 2.75) is 13.1 Å². The molecule has 0 amide bonds. The molecule has 27 heavy (non-hydrogen) atoms. The van der Waals surface area contributed by atoms with Crippen LogP contribution in [0.25, 0.3) is 16.8 Å². The van der Waals surface area contributed by atoms with Gasteiger partial charge in [0, 0.05) is 19.3 Å². The molecule has 6 nitrogen and oxygen atoms in total. The van der Waals surface area contributed by atoms with Gasteiger partial charge in [0.15, 0.2) is 5.65 Å². The number of nitrogens with zero attached hydrogens (tertiary/aromatic N) is 4. The maximum absolute atomic E-state index is 12.8. The first-order chi connectivity index (χ1) is 12.5. The highest BCUT2D eigenvalue weighted by molar-refractivity contribution is 5.85. The highest BCUT2D eigenvalue weighted by Gasteiger charge is 2.11. The summed E-state index contributed by atoms with van der Waals surface area (Å²) in [5, 5.41) is 4.32. The first kappa shape index (κ1) is 20.8. The summed E-state index contributed by atoms with van der Waals surface area (Å²) in [6.07, 6.45) is 2.13. The van der Waals surface area contributed by atoms with Gasteiger partial charge in [-0.3, -0.25) is 4.40 Å². The van der Waals surface area contributed by atoms with Crippen molar-refractivity contribution in [3.05, 3.63) is 70.5 Å². The molecule has 8 heteroatoms. The summed E-state index contributed by atoms with van der Waals surface area (Å²) in [5.74, 6) is 0. The Morgan fingerprint density at radius 3 is 2.70 bits per heavy atom. The molecule has 2 aromatic heterocycles. The quantitative estimate of drug-likeness (QED) is 0.700. The van der Waals surface area contributed by atoms with Crippen LogP contribution in [0.4, 0.5) is 4.39 Å². The van der Waals surface area contributed by atoms with E-state index in [1.807, 2.05) is 38.4 Å². The van der Waals surface area contributed by atoms with Crippen molar-refractivity contribution in [3.8, 4) is 11.1 Å². The van der Waals surface area contributed by atoms with Crippen LogP contribution in [0.2, 0.25) is 0 Å². The van der Waals surface area contributed by atoms with Crippen LogP contribution in [0.5, 0.6) is 0 Å². The molecule has 0 aliphatic carbocycles. The summed E-state index contributed by atoms with van der Waals surface area (Å²) in [7, 11) is 4.04. The predicted octanol–water partition coefficient (Wildman–Crippen LogP) is 2.46. The zero-order valence-electron chi connectivity index (χ0n) is 15.3. The summed E-state index contributed by atoms with van der Waals surface area (Å²) < 4.78 is 15.4. The van der Waals surface area contributed by atoms with E-state index in [1.54, 1.807) is 6.20 Å². The summed E-state index contributed by atoms with van der Waals surface area (Å²) in [6, 6.07) is 11.9. The zero-order chi connectivity index (χ0) is 18.7. The molecule has 2 heterocycles. The lowest BCUT2D eigenvalue weighted by molar-refractivity contribution is 0.403. The lowest BCUT2D eigenvalue weighted by Crippen LogP contribution is -2.23. The molecule has 3 aromatic rings. The summed E-state index contributed by atoms with van der Waals surface area (Å²) in [4.78, 5) is 14.5. The van der Waals surface area contributed by atoms with Crippen molar-refractivity contribution in [2.24, 2.45) is 5.73 Å². The van der Waals surface area contributed by atoms with Gasteiger partial charge in [0.2, 0.25) is 0 Å². The third-order valence-electron chi connectivity index (χ3n) is 4.17. The molecular weight excluding hydrogens is 369 g/mol. The Bertz CT molecular complexity index is 1010. The minimum atomic E-state index is -0.319.